The molecular weight excluding hydrogens is 420 g/mol. The molecule has 1 aromatic carbocycles. The first-order valence-corrected chi connectivity index (χ1v) is 13.6. The maximum absolute atomic E-state index is 11.5. The van der Waals surface area contributed by atoms with Crippen molar-refractivity contribution in [1.82, 2.24) is 0 Å². The van der Waals surface area contributed by atoms with Crippen LogP contribution in [-0.4, -0.2) is 11.1 Å². The number of hydrogen-bond acceptors (Lipinski definition) is 3. The Hall–Kier alpha value is -1.77. The van der Waals surface area contributed by atoms with E-state index in [4.69, 9.17) is 4.74 Å². The van der Waals surface area contributed by atoms with Crippen molar-refractivity contribution < 1.29 is 14.6 Å². The summed E-state index contributed by atoms with van der Waals surface area (Å²) < 4.78 is 5.46. The highest BCUT2D eigenvalue weighted by Crippen LogP contribution is 2.37. The van der Waals surface area contributed by atoms with E-state index in [1.54, 1.807) is 0 Å². The minimum Gasteiger partial charge on any atom is -0.507 e. The van der Waals surface area contributed by atoms with Crippen molar-refractivity contribution in [2.24, 2.45) is 17.8 Å². The lowest BCUT2D eigenvalue weighted by Gasteiger charge is -2.18. The van der Waals surface area contributed by atoms with E-state index in [1.807, 2.05) is 20.8 Å². The molecule has 0 spiro atoms. The number of allylic oxidation sites excluding steroid dienone is 2. The van der Waals surface area contributed by atoms with Gasteiger partial charge >= 0.3 is 5.97 Å². The Morgan fingerprint density at radius 2 is 1.35 bits per heavy atom. The van der Waals surface area contributed by atoms with Gasteiger partial charge in [-0.2, -0.15) is 0 Å². The van der Waals surface area contributed by atoms with Crippen LogP contribution in [0, 0.1) is 38.5 Å². The molecule has 2 atom stereocenters. The van der Waals surface area contributed by atoms with E-state index < -0.39 is 0 Å². The lowest BCUT2D eigenvalue weighted by molar-refractivity contribution is -0.131. The van der Waals surface area contributed by atoms with Gasteiger partial charge in [-0.1, -0.05) is 84.3 Å². The molecule has 1 rings (SSSR count). The SMILES string of the molecule is CC(=O)Oc1c(C)c(C)c(O)c(C/C=C(\C)CCC[C@H](C)CCCC(C)CCCC(C)C)c1C. The van der Waals surface area contributed by atoms with Crippen molar-refractivity contribution >= 4 is 5.97 Å². The van der Waals surface area contributed by atoms with Crippen molar-refractivity contribution in [2.45, 2.75) is 127 Å². The molecular formula is C31H52O3. The molecule has 0 saturated carbocycles. The van der Waals surface area contributed by atoms with E-state index in [2.05, 4.69) is 40.7 Å². The quantitative estimate of drug-likeness (QED) is 0.157. The summed E-state index contributed by atoms with van der Waals surface area (Å²) >= 11 is 0. The van der Waals surface area contributed by atoms with E-state index in [0.717, 1.165) is 46.4 Å². The fraction of sp³-hybridized carbons (Fsp3) is 0.710. The fourth-order valence-electron chi connectivity index (χ4n) is 4.80. The fourth-order valence-corrected chi connectivity index (χ4v) is 4.80. The minimum atomic E-state index is -0.330. The Kier molecular flexibility index (Phi) is 13.6. The predicted molar refractivity (Wildman–Crippen MR) is 146 cm³/mol. The molecule has 0 amide bonds. The second-order valence-electron chi connectivity index (χ2n) is 11.2. The van der Waals surface area contributed by atoms with Gasteiger partial charge in [0.25, 0.3) is 0 Å². The van der Waals surface area contributed by atoms with Gasteiger partial charge in [0, 0.05) is 12.5 Å². The number of phenols is 1. The zero-order chi connectivity index (χ0) is 25.8. The average molecular weight is 473 g/mol. The highest BCUT2D eigenvalue weighted by Gasteiger charge is 2.18. The van der Waals surface area contributed by atoms with Crippen LogP contribution in [0.3, 0.4) is 0 Å². The second-order valence-corrected chi connectivity index (χ2v) is 11.2. The summed E-state index contributed by atoms with van der Waals surface area (Å²) in [5.74, 6) is 3.06. The summed E-state index contributed by atoms with van der Waals surface area (Å²) in [4.78, 5) is 11.5. The molecule has 3 heteroatoms. The lowest BCUT2D eigenvalue weighted by atomic mass is 9.91. The number of ether oxygens (including phenoxy) is 1. The molecule has 0 aromatic heterocycles. The van der Waals surface area contributed by atoms with Crippen molar-refractivity contribution in [3.63, 3.8) is 0 Å². The van der Waals surface area contributed by atoms with E-state index in [0.29, 0.717) is 17.9 Å². The number of rotatable bonds is 15. The standard InChI is InChI=1S/C31H52O3/c1-21(2)13-10-14-22(3)15-11-16-23(4)17-12-18-24(5)19-20-29-27(8)31(34-28(9)32)26(7)25(6)30(29)33/h19,21-23,33H,10-18,20H2,1-9H3/b24-19+/t22?,23-/m1/s1. The molecule has 0 heterocycles. The number of esters is 1. The summed E-state index contributed by atoms with van der Waals surface area (Å²) in [5.41, 5.74) is 4.68. The van der Waals surface area contributed by atoms with Crippen LogP contribution in [0.5, 0.6) is 11.5 Å². The summed E-state index contributed by atoms with van der Waals surface area (Å²) in [6.45, 7) is 18.8. The molecule has 0 bridgehead atoms. The van der Waals surface area contributed by atoms with Gasteiger partial charge in [-0.05, 0) is 81.4 Å². The van der Waals surface area contributed by atoms with Crippen LogP contribution >= 0.6 is 0 Å². The Balaban J connectivity index is 2.49. The molecule has 0 saturated heterocycles. The van der Waals surface area contributed by atoms with Gasteiger partial charge in [0.1, 0.15) is 11.5 Å². The van der Waals surface area contributed by atoms with Crippen LogP contribution in [0.2, 0.25) is 0 Å². The topological polar surface area (TPSA) is 46.5 Å². The first-order chi connectivity index (χ1) is 15.9. The third-order valence-electron chi connectivity index (χ3n) is 7.38. The van der Waals surface area contributed by atoms with Gasteiger partial charge in [-0.3, -0.25) is 4.79 Å². The highest BCUT2D eigenvalue weighted by atomic mass is 16.5. The van der Waals surface area contributed by atoms with Crippen molar-refractivity contribution in [1.29, 1.82) is 0 Å². The number of aromatic hydroxyl groups is 1. The van der Waals surface area contributed by atoms with Gasteiger partial charge in [-0.25, -0.2) is 0 Å². The van der Waals surface area contributed by atoms with Gasteiger partial charge in [-0.15, -0.1) is 0 Å². The molecule has 34 heavy (non-hydrogen) atoms. The molecule has 0 aliphatic carbocycles. The molecule has 0 radical (unpaired) electrons. The molecule has 0 aliphatic rings. The summed E-state index contributed by atoms with van der Waals surface area (Å²) in [6, 6.07) is 0. The van der Waals surface area contributed by atoms with Gasteiger partial charge in [0.2, 0.25) is 0 Å². The van der Waals surface area contributed by atoms with Crippen molar-refractivity contribution in [3.05, 3.63) is 33.9 Å². The van der Waals surface area contributed by atoms with Crippen LogP contribution < -0.4 is 4.74 Å². The van der Waals surface area contributed by atoms with Crippen LogP contribution in [0.15, 0.2) is 11.6 Å². The molecule has 3 nitrogen and oxygen atoms in total. The Labute approximate surface area is 210 Å². The predicted octanol–water partition coefficient (Wildman–Crippen LogP) is 9.17. The zero-order valence-electron chi connectivity index (χ0n) is 23.6. The molecule has 1 N–H and O–H groups in total. The largest absolute Gasteiger partial charge is 0.507 e. The van der Waals surface area contributed by atoms with E-state index >= 15 is 0 Å². The maximum atomic E-state index is 11.5. The number of hydrogen-bond donors (Lipinski definition) is 1. The summed E-state index contributed by atoms with van der Waals surface area (Å²) in [6.07, 6.45) is 14.7. The van der Waals surface area contributed by atoms with Gasteiger partial charge in [0.05, 0.1) is 0 Å². The molecule has 0 fully saturated rings. The highest BCUT2D eigenvalue weighted by molar-refractivity contribution is 5.72. The number of benzene rings is 1. The van der Waals surface area contributed by atoms with Gasteiger partial charge in [0.15, 0.2) is 0 Å². The number of carbonyl (C=O) groups excluding carboxylic acids is 1. The first-order valence-electron chi connectivity index (χ1n) is 13.6. The maximum Gasteiger partial charge on any atom is 0.308 e. The van der Waals surface area contributed by atoms with Gasteiger partial charge < -0.3 is 9.84 Å². The molecule has 0 aliphatic heterocycles. The number of phenolic OH excluding ortho intramolecular Hbond substituents is 1. The van der Waals surface area contributed by atoms with E-state index in [1.165, 1.54) is 63.9 Å². The van der Waals surface area contributed by atoms with Crippen LogP contribution in [0.4, 0.5) is 0 Å². The molecule has 194 valence electrons. The van der Waals surface area contributed by atoms with Crippen LogP contribution in [0.1, 0.15) is 122 Å². The first kappa shape index (κ1) is 30.3. The third kappa shape index (κ3) is 10.7. The Morgan fingerprint density at radius 3 is 1.88 bits per heavy atom. The smallest absolute Gasteiger partial charge is 0.308 e. The minimum absolute atomic E-state index is 0.321. The lowest BCUT2D eigenvalue weighted by Crippen LogP contribution is -2.07. The summed E-state index contributed by atoms with van der Waals surface area (Å²) in [7, 11) is 0. The van der Waals surface area contributed by atoms with Crippen molar-refractivity contribution in [3.8, 4) is 11.5 Å². The monoisotopic (exact) mass is 472 g/mol. The second kappa shape index (κ2) is 15.3. The molecule has 1 unspecified atom stereocenters. The van der Waals surface area contributed by atoms with Crippen LogP contribution in [0.25, 0.3) is 0 Å². The Morgan fingerprint density at radius 1 is 0.824 bits per heavy atom. The Bertz CT molecular complexity index is 804. The zero-order valence-corrected chi connectivity index (χ0v) is 23.6. The average Bonchev–Trinajstić information content (AvgIpc) is 2.75. The van der Waals surface area contributed by atoms with E-state index in [9.17, 15) is 9.90 Å². The number of carbonyl (C=O) groups is 1. The summed E-state index contributed by atoms with van der Waals surface area (Å²) in [5, 5.41) is 10.7. The van der Waals surface area contributed by atoms with Crippen LogP contribution in [-0.2, 0) is 11.2 Å². The third-order valence-corrected chi connectivity index (χ3v) is 7.38. The van der Waals surface area contributed by atoms with Crippen molar-refractivity contribution in [2.75, 3.05) is 0 Å². The normalized spacial score (nSPS) is 13.9. The molecule has 1 aromatic rings. The van der Waals surface area contributed by atoms with E-state index in [-0.39, 0.29) is 5.97 Å².